The summed E-state index contributed by atoms with van der Waals surface area (Å²) in [7, 11) is -3.27. The molecule has 2 N–H and O–H groups in total. The van der Waals surface area contributed by atoms with Crippen LogP contribution in [-0.2, 0) is 14.8 Å². The molecular weight excluding hydrogens is 348 g/mol. The fourth-order valence-corrected chi connectivity index (χ4v) is 2.46. The first-order valence-corrected chi connectivity index (χ1v) is 8.41. The number of sulfonamides is 1. The molecule has 0 aliphatic carbocycles. The quantitative estimate of drug-likeness (QED) is 0.830. The Bertz CT molecular complexity index is 741. The Labute approximate surface area is 124 Å². The zero-order chi connectivity index (χ0) is 14.8. The number of pyridine rings is 1. The Hall–Kier alpha value is -1.45. The smallest absolute Gasteiger partial charge is 0.225 e. The summed E-state index contributed by atoms with van der Waals surface area (Å²) in [4.78, 5) is 11.7. The van der Waals surface area contributed by atoms with E-state index >= 15 is 0 Å². The number of carbonyl (C=O) groups excluding carboxylic acids is 1. The number of hydrogen-bond donors (Lipinski definition) is 2. The summed E-state index contributed by atoms with van der Waals surface area (Å²) in [5, 5.41) is 6.80. The lowest BCUT2D eigenvalue weighted by molar-refractivity contribution is -0.116. The molecule has 2 aromatic heterocycles. The van der Waals surface area contributed by atoms with Crippen LogP contribution >= 0.6 is 15.9 Å². The van der Waals surface area contributed by atoms with E-state index in [0.29, 0.717) is 5.69 Å². The highest BCUT2D eigenvalue weighted by Crippen LogP contribution is 2.20. The second kappa shape index (κ2) is 5.90. The van der Waals surface area contributed by atoms with E-state index in [1.165, 1.54) is 0 Å². The number of amides is 1. The van der Waals surface area contributed by atoms with E-state index in [-0.39, 0.29) is 18.9 Å². The molecule has 108 valence electrons. The maximum Gasteiger partial charge on any atom is 0.225 e. The van der Waals surface area contributed by atoms with Crippen LogP contribution in [0.15, 0.2) is 29.0 Å². The van der Waals surface area contributed by atoms with Crippen LogP contribution in [0.1, 0.15) is 6.42 Å². The average Bonchev–Trinajstić information content (AvgIpc) is 2.69. The summed E-state index contributed by atoms with van der Waals surface area (Å²) in [6.45, 7) is 0.0727. The van der Waals surface area contributed by atoms with Crippen molar-refractivity contribution in [3.8, 4) is 0 Å². The molecule has 0 fully saturated rings. The van der Waals surface area contributed by atoms with Gasteiger partial charge in [-0.3, -0.25) is 4.79 Å². The minimum Gasteiger partial charge on any atom is -0.326 e. The first kappa shape index (κ1) is 14.9. The fraction of sp³-hybridized carbons (Fsp3) is 0.273. The number of nitrogens with zero attached hydrogens (tertiary/aromatic N) is 2. The highest BCUT2D eigenvalue weighted by atomic mass is 79.9. The van der Waals surface area contributed by atoms with E-state index in [4.69, 9.17) is 0 Å². The lowest BCUT2D eigenvalue weighted by Crippen LogP contribution is -2.26. The number of carbonyl (C=O) groups is 1. The van der Waals surface area contributed by atoms with Gasteiger partial charge in [0.2, 0.25) is 15.9 Å². The number of aromatic nitrogens is 2. The van der Waals surface area contributed by atoms with Crippen LogP contribution in [0.2, 0.25) is 0 Å². The second-order valence-corrected chi connectivity index (χ2v) is 6.89. The Morgan fingerprint density at radius 3 is 2.95 bits per heavy atom. The van der Waals surface area contributed by atoms with E-state index in [2.05, 4.69) is 31.1 Å². The van der Waals surface area contributed by atoms with Crippen LogP contribution in [-0.4, -0.2) is 36.7 Å². The average molecular weight is 361 g/mol. The second-order valence-electron chi connectivity index (χ2n) is 4.20. The van der Waals surface area contributed by atoms with Crippen molar-refractivity contribution >= 4 is 43.1 Å². The number of halogens is 1. The summed E-state index contributed by atoms with van der Waals surface area (Å²) in [6, 6.07) is 3.49. The number of rotatable bonds is 5. The lowest BCUT2D eigenvalue weighted by Gasteiger charge is -2.06. The van der Waals surface area contributed by atoms with E-state index in [9.17, 15) is 13.2 Å². The molecule has 0 radical (unpaired) electrons. The third kappa shape index (κ3) is 4.02. The molecule has 2 rings (SSSR count). The van der Waals surface area contributed by atoms with Crippen molar-refractivity contribution in [3.63, 3.8) is 0 Å². The normalized spacial score (nSPS) is 11.7. The molecule has 0 aliphatic heterocycles. The molecule has 0 saturated carbocycles. The van der Waals surface area contributed by atoms with Crippen LogP contribution in [0.3, 0.4) is 0 Å². The standard InChI is InChI=1S/C11H13BrN4O3S/c1-20(18,19)14-4-2-11(17)15-8-3-5-16-10(6-8)9(12)7-13-16/h3,5-7,14H,2,4H2,1H3,(H,15,17). The number of fused-ring (bicyclic) bond motifs is 1. The van der Waals surface area contributed by atoms with Gasteiger partial charge < -0.3 is 5.32 Å². The monoisotopic (exact) mass is 360 g/mol. The lowest BCUT2D eigenvalue weighted by atomic mass is 10.3. The molecule has 20 heavy (non-hydrogen) atoms. The number of nitrogens with one attached hydrogen (secondary N) is 2. The molecule has 0 unspecified atom stereocenters. The van der Waals surface area contributed by atoms with Gasteiger partial charge in [-0.1, -0.05) is 0 Å². The Morgan fingerprint density at radius 2 is 2.25 bits per heavy atom. The topological polar surface area (TPSA) is 92.6 Å². The Morgan fingerprint density at radius 1 is 1.50 bits per heavy atom. The zero-order valence-electron chi connectivity index (χ0n) is 10.6. The summed E-state index contributed by atoms with van der Waals surface area (Å²) in [6.07, 6.45) is 4.51. The van der Waals surface area contributed by atoms with Crippen molar-refractivity contribution in [2.45, 2.75) is 6.42 Å². The van der Waals surface area contributed by atoms with Crippen LogP contribution in [0.5, 0.6) is 0 Å². The molecular formula is C11H13BrN4O3S. The fourth-order valence-electron chi connectivity index (χ4n) is 1.60. The first-order valence-electron chi connectivity index (χ1n) is 5.72. The molecule has 1 amide bonds. The van der Waals surface area contributed by atoms with Gasteiger partial charge in [-0.25, -0.2) is 17.7 Å². The van der Waals surface area contributed by atoms with Crippen molar-refractivity contribution in [2.24, 2.45) is 0 Å². The van der Waals surface area contributed by atoms with Gasteiger partial charge in [-0.15, -0.1) is 0 Å². The van der Waals surface area contributed by atoms with Gasteiger partial charge in [0.1, 0.15) is 0 Å². The van der Waals surface area contributed by atoms with Gasteiger partial charge in [-0.05, 0) is 28.1 Å². The molecule has 0 aromatic carbocycles. The maximum atomic E-state index is 11.7. The Balaban J connectivity index is 1.97. The molecule has 7 nitrogen and oxygen atoms in total. The van der Waals surface area contributed by atoms with Gasteiger partial charge >= 0.3 is 0 Å². The van der Waals surface area contributed by atoms with Gasteiger partial charge in [0.15, 0.2) is 0 Å². The van der Waals surface area contributed by atoms with Crippen LogP contribution < -0.4 is 10.0 Å². The third-order valence-electron chi connectivity index (χ3n) is 2.47. The van der Waals surface area contributed by atoms with E-state index in [1.807, 2.05) is 0 Å². The molecule has 2 heterocycles. The first-order chi connectivity index (χ1) is 9.35. The number of hydrogen-bond acceptors (Lipinski definition) is 4. The highest BCUT2D eigenvalue weighted by molar-refractivity contribution is 9.10. The van der Waals surface area contributed by atoms with Crippen molar-refractivity contribution in [1.29, 1.82) is 0 Å². The largest absolute Gasteiger partial charge is 0.326 e. The zero-order valence-corrected chi connectivity index (χ0v) is 13.0. The van der Waals surface area contributed by atoms with Crippen LogP contribution in [0.25, 0.3) is 5.52 Å². The SMILES string of the molecule is CS(=O)(=O)NCCC(=O)Nc1ccn2ncc(Br)c2c1. The minimum absolute atomic E-state index is 0.0681. The van der Waals surface area contributed by atoms with E-state index in [1.54, 1.807) is 29.0 Å². The van der Waals surface area contributed by atoms with Gasteiger partial charge in [0.05, 0.1) is 22.4 Å². The molecule has 0 atom stereocenters. The van der Waals surface area contributed by atoms with Gasteiger partial charge in [0, 0.05) is 24.8 Å². The van der Waals surface area contributed by atoms with Gasteiger partial charge in [0.25, 0.3) is 0 Å². The molecule has 0 bridgehead atoms. The molecule has 9 heteroatoms. The third-order valence-corrected chi connectivity index (χ3v) is 3.81. The summed E-state index contributed by atoms with van der Waals surface area (Å²) >= 11 is 3.36. The molecule has 2 aromatic rings. The van der Waals surface area contributed by atoms with Crippen molar-refractivity contribution in [3.05, 3.63) is 29.0 Å². The van der Waals surface area contributed by atoms with Crippen molar-refractivity contribution in [1.82, 2.24) is 14.3 Å². The minimum atomic E-state index is -3.27. The van der Waals surface area contributed by atoms with Gasteiger partial charge in [-0.2, -0.15) is 5.10 Å². The Kier molecular flexibility index (Phi) is 4.41. The predicted octanol–water partition coefficient (Wildman–Crippen LogP) is 0.975. The predicted molar refractivity (Wildman–Crippen MR) is 79.0 cm³/mol. The maximum absolute atomic E-state index is 11.7. The van der Waals surface area contributed by atoms with Crippen molar-refractivity contribution < 1.29 is 13.2 Å². The van der Waals surface area contributed by atoms with Crippen molar-refractivity contribution in [2.75, 3.05) is 18.1 Å². The summed E-state index contributed by atoms with van der Waals surface area (Å²) in [5.74, 6) is -0.263. The molecule has 0 saturated heterocycles. The van der Waals surface area contributed by atoms with Crippen LogP contribution in [0.4, 0.5) is 5.69 Å². The van der Waals surface area contributed by atoms with E-state index in [0.717, 1.165) is 16.2 Å². The summed E-state index contributed by atoms with van der Waals surface area (Å²) in [5.41, 5.74) is 1.46. The van der Waals surface area contributed by atoms with E-state index < -0.39 is 10.0 Å². The van der Waals surface area contributed by atoms with Crippen LogP contribution in [0, 0.1) is 0 Å². The molecule has 0 aliphatic rings. The number of anilines is 1. The highest BCUT2D eigenvalue weighted by Gasteiger charge is 2.07. The summed E-state index contributed by atoms with van der Waals surface area (Å²) < 4.78 is 26.5. The molecule has 0 spiro atoms.